The molecule has 168 valence electrons. The average molecular weight is 454 g/mol. The fourth-order valence-corrected chi connectivity index (χ4v) is 3.87. The Balaban J connectivity index is 1.51. The molecule has 0 fully saturated rings. The Labute approximate surface area is 193 Å². The van der Waals surface area contributed by atoms with Crippen LogP contribution < -0.4 is 4.74 Å². The number of halogens is 1. The molecule has 3 aromatic rings. The third-order valence-corrected chi connectivity index (χ3v) is 5.35. The Morgan fingerprint density at radius 3 is 2.47 bits per heavy atom. The van der Waals surface area contributed by atoms with Gasteiger partial charge < -0.3 is 9.47 Å². The molecule has 6 nitrogen and oxygen atoms in total. The summed E-state index contributed by atoms with van der Waals surface area (Å²) in [7, 11) is 0. The lowest BCUT2D eigenvalue weighted by atomic mass is 10.0. The van der Waals surface area contributed by atoms with Crippen LogP contribution in [0.25, 0.3) is 22.5 Å². The molecule has 4 rings (SSSR count). The van der Waals surface area contributed by atoms with E-state index in [0.717, 1.165) is 33.6 Å². The fourth-order valence-electron chi connectivity index (χ4n) is 3.64. The number of hydrogen-bond donors (Lipinski definition) is 1. The van der Waals surface area contributed by atoms with Crippen LogP contribution in [-0.2, 0) is 17.8 Å². The average Bonchev–Trinajstić information content (AvgIpc) is 3.34. The summed E-state index contributed by atoms with van der Waals surface area (Å²) >= 11 is 6.39. The molecule has 1 aliphatic rings. The Morgan fingerprint density at radius 2 is 1.78 bits per heavy atom. The summed E-state index contributed by atoms with van der Waals surface area (Å²) in [6, 6.07) is 13.9. The van der Waals surface area contributed by atoms with Crippen LogP contribution in [0, 0.1) is 0 Å². The normalized spacial score (nSPS) is 13.4. The summed E-state index contributed by atoms with van der Waals surface area (Å²) in [6.45, 7) is 10.6. The first-order chi connectivity index (χ1) is 15.1. The van der Waals surface area contributed by atoms with Crippen molar-refractivity contribution < 1.29 is 14.3 Å². The van der Waals surface area contributed by atoms with Crippen molar-refractivity contribution in [1.82, 2.24) is 15.1 Å². The summed E-state index contributed by atoms with van der Waals surface area (Å²) in [5.74, 6) is 0.665. The number of carbonyl (C=O) groups excluding carboxylic acids is 1. The summed E-state index contributed by atoms with van der Waals surface area (Å²) < 4.78 is 11.2. The Kier molecular flexibility index (Phi) is 5.91. The molecule has 1 aliphatic heterocycles. The van der Waals surface area contributed by atoms with Crippen LogP contribution in [-0.4, -0.2) is 32.9 Å². The van der Waals surface area contributed by atoms with Gasteiger partial charge in [-0.15, -0.1) is 0 Å². The minimum Gasteiger partial charge on any atom is -0.489 e. The van der Waals surface area contributed by atoms with Gasteiger partial charge in [-0.1, -0.05) is 23.7 Å². The predicted molar refractivity (Wildman–Crippen MR) is 126 cm³/mol. The number of carbonyl (C=O) groups is 1. The molecule has 0 aliphatic carbocycles. The molecule has 0 spiro atoms. The van der Waals surface area contributed by atoms with E-state index in [1.807, 2.05) is 65.0 Å². The zero-order valence-electron chi connectivity index (χ0n) is 19.0. The second-order valence-electron chi connectivity index (χ2n) is 9.30. The molecule has 0 saturated heterocycles. The molecule has 1 N–H and O–H groups in total. The summed E-state index contributed by atoms with van der Waals surface area (Å²) in [5, 5.41) is 8.14. The van der Waals surface area contributed by atoms with E-state index in [1.165, 1.54) is 0 Å². The highest BCUT2D eigenvalue weighted by Crippen LogP contribution is 2.33. The molecule has 0 saturated carbocycles. The van der Waals surface area contributed by atoms with Crippen LogP contribution in [0.15, 0.2) is 42.5 Å². The van der Waals surface area contributed by atoms with E-state index in [0.29, 0.717) is 23.9 Å². The molecule has 2 aromatic carbocycles. The highest BCUT2D eigenvalue weighted by atomic mass is 35.5. The van der Waals surface area contributed by atoms with Crippen LogP contribution >= 0.6 is 11.6 Å². The number of nitrogens with zero attached hydrogens (tertiary/aromatic N) is 2. The van der Waals surface area contributed by atoms with Gasteiger partial charge in [0.2, 0.25) is 0 Å². The molecule has 0 bridgehead atoms. The molecule has 0 atom stereocenters. The van der Waals surface area contributed by atoms with Gasteiger partial charge in [0.1, 0.15) is 11.4 Å². The van der Waals surface area contributed by atoms with Crippen molar-refractivity contribution >= 4 is 17.7 Å². The summed E-state index contributed by atoms with van der Waals surface area (Å²) in [5.41, 5.74) is 5.35. The summed E-state index contributed by atoms with van der Waals surface area (Å²) in [4.78, 5) is 14.1. The monoisotopic (exact) mass is 453 g/mol. The second-order valence-corrected chi connectivity index (χ2v) is 9.71. The van der Waals surface area contributed by atoms with E-state index in [2.05, 4.69) is 22.3 Å². The van der Waals surface area contributed by atoms with E-state index in [4.69, 9.17) is 21.1 Å². The van der Waals surface area contributed by atoms with Crippen molar-refractivity contribution in [3.8, 4) is 28.3 Å². The highest BCUT2D eigenvalue weighted by Gasteiger charge is 2.28. The molecular formula is C25H28ClN3O3. The maximum absolute atomic E-state index is 12.4. The van der Waals surface area contributed by atoms with Gasteiger partial charge in [0, 0.05) is 24.2 Å². The van der Waals surface area contributed by atoms with Gasteiger partial charge in [0.05, 0.1) is 22.5 Å². The number of fused-ring (bicyclic) bond motifs is 1. The molecule has 7 heteroatoms. The van der Waals surface area contributed by atoms with Gasteiger partial charge in [-0.05, 0) is 76.1 Å². The smallest absolute Gasteiger partial charge is 0.410 e. The fraction of sp³-hybridized carbons (Fsp3) is 0.360. The van der Waals surface area contributed by atoms with Crippen molar-refractivity contribution in [2.75, 3.05) is 0 Å². The number of amides is 1. The standard InChI is InChI=1S/C25H28ClN3O3/c1-15(2)31-23-9-8-17(11-20(23)26)22-12-21(27-28-22)16-6-7-18-13-29(14-19(18)10-16)24(30)32-25(3,4)5/h6-12,15H,13-14H2,1-5H3,(H,27,28). The number of hydrogen-bond acceptors (Lipinski definition) is 4. The quantitative estimate of drug-likeness (QED) is 0.493. The van der Waals surface area contributed by atoms with Crippen LogP contribution in [0.2, 0.25) is 5.02 Å². The van der Waals surface area contributed by atoms with Gasteiger partial charge in [0.15, 0.2) is 0 Å². The lowest BCUT2D eigenvalue weighted by molar-refractivity contribution is 0.0242. The van der Waals surface area contributed by atoms with Gasteiger partial charge in [-0.2, -0.15) is 5.10 Å². The minimum absolute atomic E-state index is 0.0585. The third kappa shape index (κ3) is 4.91. The van der Waals surface area contributed by atoms with E-state index < -0.39 is 5.60 Å². The SMILES string of the molecule is CC(C)Oc1ccc(-c2cc(-c3ccc4c(c3)CN(C(=O)OC(C)(C)C)C4)n[nH]2)cc1Cl. The second kappa shape index (κ2) is 8.51. The molecule has 1 amide bonds. The Bertz CT molecular complexity index is 1150. The third-order valence-electron chi connectivity index (χ3n) is 5.06. The zero-order valence-corrected chi connectivity index (χ0v) is 19.8. The molecular weight excluding hydrogens is 426 g/mol. The largest absolute Gasteiger partial charge is 0.489 e. The Morgan fingerprint density at radius 1 is 1.06 bits per heavy atom. The Hall–Kier alpha value is -2.99. The van der Waals surface area contributed by atoms with E-state index >= 15 is 0 Å². The summed E-state index contributed by atoms with van der Waals surface area (Å²) in [6.07, 6.45) is -0.234. The van der Waals surface area contributed by atoms with Crippen molar-refractivity contribution in [2.45, 2.75) is 59.4 Å². The molecule has 2 heterocycles. The lowest BCUT2D eigenvalue weighted by Crippen LogP contribution is -2.33. The van der Waals surface area contributed by atoms with Gasteiger partial charge in [0.25, 0.3) is 0 Å². The van der Waals surface area contributed by atoms with Crippen molar-refractivity contribution in [3.63, 3.8) is 0 Å². The number of aromatic nitrogens is 2. The molecule has 0 radical (unpaired) electrons. The van der Waals surface area contributed by atoms with Crippen LogP contribution in [0.5, 0.6) is 5.75 Å². The number of H-pyrrole nitrogens is 1. The lowest BCUT2D eigenvalue weighted by Gasteiger charge is -2.24. The number of nitrogens with one attached hydrogen (secondary N) is 1. The number of aromatic amines is 1. The molecule has 0 unspecified atom stereocenters. The van der Waals surface area contributed by atoms with Crippen molar-refractivity contribution in [2.24, 2.45) is 0 Å². The number of rotatable bonds is 4. The highest BCUT2D eigenvalue weighted by molar-refractivity contribution is 6.32. The van der Waals surface area contributed by atoms with E-state index in [9.17, 15) is 4.79 Å². The topological polar surface area (TPSA) is 67.4 Å². The van der Waals surface area contributed by atoms with Crippen LogP contribution in [0.1, 0.15) is 45.7 Å². The first-order valence-electron chi connectivity index (χ1n) is 10.7. The van der Waals surface area contributed by atoms with E-state index in [1.54, 1.807) is 4.90 Å². The van der Waals surface area contributed by atoms with Gasteiger partial charge in [-0.25, -0.2) is 4.79 Å². The first-order valence-corrected chi connectivity index (χ1v) is 11.1. The van der Waals surface area contributed by atoms with E-state index in [-0.39, 0.29) is 12.2 Å². The van der Waals surface area contributed by atoms with Gasteiger partial charge >= 0.3 is 6.09 Å². The van der Waals surface area contributed by atoms with Gasteiger partial charge in [-0.3, -0.25) is 10.00 Å². The van der Waals surface area contributed by atoms with Crippen molar-refractivity contribution in [3.05, 3.63) is 58.6 Å². The van der Waals surface area contributed by atoms with Crippen LogP contribution in [0.4, 0.5) is 4.79 Å². The first kappa shape index (κ1) is 22.2. The number of benzene rings is 2. The van der Waals surface area contributed by atoms with Crippen molar-refractivity contribution in [1.29, 1.82) is 0 Å². The van der Waals surface area contributed by atoms with Crippen LogP contribution in [0.3, 0.4) is 0 Å². The minimum atomic E-state index is -0.509. The zero-order chi connectivity index (χ0) is 23.0. The maximum atomic E-state index is 12.4. The maximum Gasteiger partial charge on any atom is 0.410 e. The number of ether oxygens (including phenoxy) is 2. The molecule has 1 aromatic heterocycles. The molecule has 32 heavy (non-hydrogen) atoms. The predicted octanol–water partition coefficient (Wildman–Crippen LogP) is 6.44.